The minimum absolute atomic E-state index is 0. The maximum atomic E-state index is 2.56. The van der Waals surface area contributed by atoms with Crippen molar-refractivity contribution in [3.63, 3.8) is 0 Å². The van der Waals surface area contributed by atoms with Crippen molar-refractivity contribution >= 4 is 24.6 Å². The number of rotatable bonds is 1. The molecule has 0 radical (unpaired) electrons. The monoisotopic (exact) mass is 243 g/mol. The Morgan fingerprint density at radius 1 is 1.16 bits per heavy atom. The van der Waals surface area contributed by atoms with Gasteiger partial charge in [-0.1, -0.05) is 48.6 Å². The molecule has 0 amide bonds. The summed E-state index contributed by atoms with van der Waals surface area (Å²) in [5, 5.41) is 0. The van der Waals surface area contributed by atoms with E-state index in [0.29, 0.717) is 0 Å². The molecule has 0 N–H and O–H groups in total. The molecular weight excluding hydrogens is 225 g/mol. The summed E-state index contributed by atoms with van der Waals surface area (Å²) in [6.07, 6.45) is 11.5. The van der Waals surface area contributed by atoms with Crippen LogP contribution in [0.25, 0.3) is 5.70 Å². The Bertz CT molecular complexity index is 583. The third-order valence-electron chi connectivity index (χ3n) is 4.35. The molecule has 0 saturated carbocycles. The second-order valence-electron chi connectivity index (χ2n) is 5.43. The van der Waals surface area contributed by atoms with E-state index in [-0.39, 0.29) is 18.9 Å². The summed E-state index contributed by atoms with van der Waals surface area (Å²) in [5.41, 5.74) is 6.00. The van der Waals surface area contributed by atoms with E-state index >= 15 is 0 Å². The second-order valence-corrected chi connectivity index (χ2v) is 5.43. The summed E-state index contributed by atoms with van der Waals surface area (Å²) in [4.78, 5) is 2.56. The van der Waals surface area contributed by atoms with Gasteiger partial charge >= 0.3 is 18.9 Å². The van der Waals surface area contributed by atoms with Gasteiger partial charge in [0.25, 0.3) is 0 Å². The van der Waals surface area contributed by atoms with Crippen LogP contribution in [-0.2, 0) is 6.42 Å². The van der Waals surface area contributed by atoms with Crippen molar-refractivity contribution in [3.05, 3.63) is 65.3 Å². The summed E-state index contributed by atoms with van der Waals surface area (Å²) in [5.74, 6) is 0.753. The second kappa shape index (κ2) is 5.08. The Morgan fingerprint density at radius 3 is 2.95 bits per heavy atom. The Labute approximate surface area is 126 Å². The van der Waals surface area contributed by atoms with Crippen molar-refractivity contribution in [2.75, 3.05) is 13.1 Å². The topological polar surface area (TPSA) is 3.24 Å². The Balaban J connectivity index is 0.00000110. The third-order valence-corrected chi connectivity index (χ3v) is 4.35. The van der Waals surface area contributed by atoms with Crippen LogP contribution < -0.4 is 0 Å². The molecule has 0 bridgehead atoms. The fourth-order valence-electron chi connectivity index (χ4n) is 3.39. The summed E-state index contributed by atoms with van der Waals surface area (Å²) in [7, 11) is 0. The Morgan fingerprint density at radius 2 is 2.05 bits per heavy atom. The first-order valence-corrected chi connectivity index (χ1v) is 6.81. The molecule has 1 aliphatic heterocycles. The van der Waals surface area contributed by atoms with Gasteiger partial charge in [0.05, 0.1) is 0 Å². The average molecular weight is 243 g/mol. The van der Waals surface area contributed by atoms with Gasteiger partial charge in [-0.25, -0.2) is 0 Å². The first-order valence-electron chi connectivity index (χ1n) is 6.81. The fraction of sp³-hybridized carbons (Fsp3) is 0.294. The van der Waals surface area contributed by atoms with E-state index < -0.39 is 0 Å². The quantitative estimate of drug-likeness (QED) is 0.685. The predicted octanol–water partition coefficient (Wildman–Crippen LogP) is 2.75. The van der Waals surface area contributed by atoms with E-state index in [4.69, 9.17) is 0 Å². The summed E-state index contributed by atoms with van der Waals surface area (Å²) < 4.78 is 0. The van der Waals surface area contributed by atoms with Gasteiger partial charge < -0.3 is 4.90 Å². The molecule has 92 valence electrons. The Hall–Kier alpha value is -1.16. The maximum absolute atomic E-state index is 2.56. The summed E-state index contributed by atoms with van der Waals surface area (Å²) in [6, 6.07) is 8.82. The van der Waals surface area contributed by atoms with Crippen molar-refractivity contribution in [2.45, 2.75) is 12.8 Å². The van der Waals surface area contributed by atoms with E-state index in [1.165, 1.54) is 29.8 Å². The normalized spacial score (nSPS) is 23.4. The number of hydrogen-bond acceptors (Lipinski definition) is 1. The van der Waals surface area contributed by atoms with Crippen LogP contribution in [-0.4, -0.2) is 36.9 Å². The van der Waals surface area contributed by atoms with E-state index in [9.17, 15) is 0 Å². The molecule has 1 aromatic carbocycles. The number of allylic oxidation sites excluding steroid dienone is 4. The molecule has 1 saturated heterocycles. The van der Waals surface area contributed by atoms with Gasteiger partial charge in [0.1, 0.15) is 0 Å². The SMILES string of the molecule is C1=CCC2CN(C3=CCc4ccccc43)CC2=C1.[LiH]. The number of likely N-dealkylation sites (tertiary alicyclic amines) is 1. The minimum atomic E-state index is 0. The molecule has 4 rings (SSSR count). The van der Waals surface area contributed by atoms with Crippen LogP contribution in [0.5, 0.6) is 0 Å². The molecule has 1 atom stereocenters. The Kier molecular flexibility index (Phi) is 3.43. The number of fused-ring (bicyclic) bond motifs is 2. The van der Waals surface area contributed by atoms with Gasteiger partial charge in [-0.15, -0.1) is 0 Å². The number of hydrogen-bond donors (Lipinski definition) is 0. The molecule has 1 nitrogen and oxygen atoms in total. The molecule has 0 aromatic heterocycles. The van der Waals surface area contributed by atoms with Crippen molar-refractivity contribution in [1.82, 2.24) is 4.90 Å². The van der Waals surface area contributed by atoms with Crippen LogP contribution >= 0.6 is 0 Å². The van der Waals surface area contributed by atoms with Crippen molar-refractivity contribution in [2.24, 2.45) is 5.92 Å². The van der Waals surface area contributed by atoms with Crippen LogP contribution in [0.1, 0.15) is 17.5 Å². The molecule has 1 heterocycles. The molecule has 1 aromatic rings. The molecule has 2 aliphatic carbocycles. The van der Waals surface area contributed by atoms with Crippen LogP contribution in [0.4, 0.5) is 0 Å². The summed E-state index contributed by atoms with van der Waals surface area (Å²) >= 11 is 0. The van der Waals surface area contributed by atoms with Gasteiger partial charge in [0.2, 0.25) is 0 Å². The molecule has 19 heavy (non-hydrogen) atoms. The van der Waals surface area contributed by atoms with E-state index in [2.05, 4.69) is 53.5 Å². The van der Waals surface area contributed by atoms with E-state index in [1.54, 1.807) is 5.57 Å². The van der Waals surface area contributed by atoms with Gasteiger partial charge in [-0.3, -0.25) is 0 Å². The number of benzene rings is 1. The van der Waals surface area contributed by atoms with Gasteiger partial charge in [-0.05, 0) is 24.0 Å². The predicted molar refractivity (Wildman–Crippen MR) is 82.2 cm³/mol. The van der Waals surface area contributed by atoms with Crippen LogP contribution in [0, 0.1) is 5.92 Å². The van der Waals surface area contributed by atoms with Crippen LogP contribution in [0.15, 0.2) is 54.1 Å². The van der Waals surface area contributed by atoms with Gasteiger partial charge in [-0.2, -0.15) is 0 Å². The third kappa shape index (κ3) is 2.12. The molecular formula is C17H18LiN. The van der Waals surface area contributed by atoms with Crippen LogP contribution in [0.2, 0.25) is 0 Å². The zero-order chi connectivity index (χ0) is 11.9. The molecule has 0 spiro atoms. The first kappa shape index (κ1) is 12.9. The van der Waals surface area contributed by atoms with Crippen LogP contribution in [0.3, 0.4) is 0 Å². The van der Waals surface area contributed by atoms with Gasteiger partial charge in [0.15, 0.2) is 0 Å². The molecule has 1 unspecified atom stereocenters. The van der Waals surface area contributed by atoms with E-state index in [0.717, 1.165) is 18.9 Å². The summed E-state index contributed by atoms with van der Waals surface area (Å²) in [6.45, 7) is 2.31. The zero-order valence-electron chi connectivity index (χ0n) is 10.5. The fourth-order valence-corrected chi connectivity index (χ4v) is 3.39. The van der Waals surface area contributed by atoms with Gasteiger partial charge in [0, 0.05) is 30.3 Å². The van der Waals surface area contributed by atoms with Crippen molar-refractivity contribution in [1.29, 1.82) is 0 Å². The van der Waals surface area contributed by atoms with E-state index in [1.807, 2.05) is 0 Å². The molecule has 1 fully saturated rings. The molecule has 3 aliphatic rings. The average Bonchev–Trinajstić information content (AvgIpc) is 3.02. The standard InChI is InChI=1S/C17H17N.Li.H/c1-2-7-15-12-18(11-14(15)6-1)17-10-9-13-5-3-4-8-16(13)17;;/h1-6,8,10,15H,7,9,11-12H2;;. The van der Waals surface area contributed by atoms with Crippen molar-refractivity contribution < 1.29 is 0 Å². The van der Waals surface area contributed by atoms with Crippen molar-refractivity contribution in [3.8, 4) is 0 Å². The zero-order valence-corrected chi connectivity index (χ0v) is 10.5. The first-order chi connectivity index (χ1) is 8.92. The molecule has 2 heteroatoms. The number of nitrogens with zero attached hydrogens (tertiary/aromatic N) is 1.